The minimum atomic E-state index is -0.376. The predicted octanol–water partition coefficient (Wildman–Crippen LogP) is 3.76. The Morgan fingerprint density at radius 2 is 1.76 bits per heavy atom. The minimum Gasteiger partial charge on any atom is -0.454 e. The molecule has 0 unspecified atom stereocenters. The zero-order valence-electron chi connectivity index (χ0n) is 16.2. The molecule has 0 amide bonds. The minimum absolute atomic E-state index is 0.272. The van der Waals surface area contributed by atoms with Crippen molar-refractivity contribution in [2.75, 3.05) is 26.4 Å². The number of piperidine rings is 3. The summed E-state index contributed by atoms with van der Waals surface area (Å²) in [6.07, 6.45) is 2.38. The van der Waals surface area contributed by atoms with Gasteiger partial charge in [-0.3, -0.25) is 9.80 Å². The van der Waals surface area contributed by atoms with E-state index < -0.39 is 0 Å². The number of hydrogen-bond donors (Lipinski definition) is 0. The number of hydrogen-bond acceptors (Lipinski definition) is 4. The van der Waals surface area contributed by atoms with Crippen molar-refractivity contribution in [1.29, 1.82) is 0 Å². The lowest BCUT2D eigenvalue weighted by molar-refractivity contribution is -0.00894. The molecule has 5 aliphatic heterocycles. The second-order valence-corrected chi connectivity index (χ2v) is 8.74. The highest BCUT2D eigenvalue weighted by molar-refractivity contribution is 5.46. The largest absolute Gasteiger partial charge is 0.454 e. The van der Waals surface area contributed by atoms with Crippen LogP contribution in [0.3, 0.4) is 0 Å². The van der Waals surface area contributed by atoms with Crippen LogP contribution in [0.1, 0.15) is 29.9 Å². The molecule has 0 aliphatic carbocycles. The molecule has 0 spiro atoms. The van der Waals surface area contributed by atoms with Crippen LogP contribution in [0.2, 0.25) is 0 Å². The van der Waals surface area contributed by atoms with Gasteiger partial charge in [0.2, 0.25) is 6.79 Å². The first kappa shape index (κ1) is 17.7. The Kier molecular flexibility index (Phi) is 4.06. The summed E-state index contributed by atoms with van der Waals surface area (Å²) in [6, 6.07) is 10.8. The highest BCUT2D eigenvalue weighted by Crippen LogP contribution is 2.48. The van der Waals surface area contributed by atoms with Crippen LogP contribution in [-0.4, -0.2) is 48.3 Å². The van der Waals surface area contributed by atoms with E-state index in [9.17, 15) is 8.78 Å². The molecule has 3 atom stereocenters. The van der Waals surface area contributed by atoms with Gasteiger partial charge >= 0.3 is 0 Å². The predicted molar refractivity (Wildman–Crippen MR) is 104 cm³/mol. The fraction of sp³-hybridized carbons (Fsp3) is 0.478. The van der Waals surface area contributed by atoms with Gasteiger partial charge in [0.05, 0.1) is 0 Å². The summed E-state index contributed by atoms with van der Waals surface area (Å²) in [5, 5.41) is 0. The van der Waals surface area contributed by atoms with Gasteiger partial charge in [-0.25, -0.2) is 8.78 Å². The molecule has 0 radical (unpaired) electrons. The molecular weight excluding hydrogens is 374 g/mol. The molecule has 6 heteroatoms. The number of benzene rings is 2. The highest BCUT2D eigenvalue weighted by atomic mass is 19.1. The summed E-state index contributed by atoms with van der Waals surface area (Å²) in [7, 11) is 0. The van der Waals surface area contributed by atoms with Crippen LogP contribution in [0.5, 0.6) is 11.5 Å². The van der Waals surface area contributed by atoms with Crippen molar-refractivity contribution in [2.45, 2.75) is 37.4 Å². The van der Waals surface area contributed by atoms with Gasteiger partial charge < -0.3 is 9.47 Å². The molecule has 152 valence electrons. The average molecular weight is 398 g/mol. The smallest absolute Gasteiger partial charge is 0.231 e. The molecule has 5 aliphatic rings. The van der Waals surface area contributed by atoms with Crippen molar-refractivity contribution in [1.82, 2.24) is 9.80 Å². The Hall–Kier alpha value is -2.18. The Morgan fingerprint density at radius 1 is 0.931 bits per heavy atom. The maximum absolute atomic E-state index is 14.4. The molecule has 4 saturated heterocycles. The van der Waals surface area contributed by atoms with Crippen molar-refractivity contribution in [3.63, 3.8) is 0 Å². The number of fused-ring (bicyclic) bond motifs is 3. The SMILES string of the molecule is Fc1ccc(F)c(CN2C[C@@H](c3ccc4c(c3)OCO4)[C@@H]3[C@H]2C2CCN3CC2)c1. The second kappa shape index (κ2) is 6.67. The molecule has 2 aromatic rings. The van der Waals surface area contributed by atoms with E-state index in [1.165, 1.54) is 36.6 Å². The lowest BCUT2D eigenvalue weighted by Crippen LogP contribution is -2.60. The molecule has 29 heavy (non-hydrogen) atoms. The molecule has 0 N–H and O–H groups in total. The normalized spacial score (nSPS) is 32.6. The maximum Gasteiger partial charge on any atom is 0.231 e. The lowest BCUT2D eigenvalue weighted by Gasteiger charge is -2.51. The molecule has 0 saturated carbocycles. The quantitative estimate of drug-likeness (QED) is 0.786. The van der Waals surface area contributed by atoms with Crippen LogP contribution >= 0.6 is 0 Å². The topological polar surface area (TPSA) is 24.9 Å². The summed E-state index contributed by atoms with van der Waals surface area (Å²) in [4.78, 5) is 5.01. The second-order valence-electron chi connectivity index (χ2n) is 8.74. The van der Waals surface area contributed by atoms with Gasteiger partial charge in [0.15, 0.2) is 11.5 Å². The molecule has 5 heterocycles. The van der Waals surface area contributed by atoms with Crippen LogP contribution in [0, 0.1) is 17.6 Å². The number of likely N-dealkylation sites (tertiary alicyclic amines) is 1. The van der Waals surface area contributed by atoms with Crippen LogP contribution < -0.4 is 9.47 Å². The van der Waals surface area contributed by atoms with Crippen LogP contribution in [0.15, 0.2) is 36.4 Å². The van der Waals surface area contributed by atoms with Gasteiger partial charge in [0, 0.05) is 36.7 Å². The van der Waals surface area contributed by atoms with E-state index in [0.717, 1.165) is 31.1 Å². The van der Waals surface area contributed by atoms with E-state index in [2.05, 4.69) is 21.9 Å². The molecule has 7 rings (SSSR count). The first-order chi connectivity index (χ1) is 14.2. The third kappa shape index (κ3) is 2.84. The fourth-order valence-electron chi connectivity index (χ4n) is 6.04. The summed E-state index contributed by atoms with van der Waals surface area (Å²) >= 11 is 0. The fourth-order valence-corrected chi connectivity index (χ4v) is 6.04. The molecule has 0 aromatic heterocycles. The molecule has 2 aromatic carbocycles. The Balaban J connectivity index is 1.35. The Labute approximate surface area is 169 Å². The monoisotopic (exact) mass is 398 g/mol. The molecular formula is C23H24F2N2O2. The summed E-state index contributed by atoms with van der Waals surface area (Å²) < 4.78 is 39.2. The molecule has 2 bridgehead atoms. The van der Waals surface area contributed by atoms with Gasteiger partial charge in [0.1, 0.15) is 11.6 Å². The molecule has 4 nitrogen and oxygen atoms in total. The summed E-state index contributed by atoms with van der Waals surface area (Å²) in [5.74, 6) is 1.86. The van der Waals surface area contributed by atoms with Crippen LogP contribution in [0.25, 0.3) is 0 Å². The first-order valence-electron chi connectivity index (χ1n) is 10.5. The molecule has 4 fully saturated rings. The van der Waals surface area contributed by atoms with Crippen molar-refractivity contribution >= 4 is 0 Å². The van der Waals surface area contributed by atoms with Crippen LogP contribution in [0.4, 0.5) is 8.78 Å². The maximum atomic E-state index is 14.4. The van der Waals surface area contributed by atoms with E-state index >= 15 is 0 Å². The summed E-state index contributed by atoms with van der Waals surface area (Å²) in [6.45, 7) is 3.84. The van der Waals surface area contributed by atoms with Gasteiger partial charge in [0.25, 0.3) is 0 Å². The standard InChI is InChI=1S/C23H24F2N2O2/c24-17-2-3-19(25)16(9-17)11-27-12-18(15-1-4-20-21(10-15)29-13-28-20)23-22(27)14-5-7-26(23)8-6-14/h1-4,9-10,14,18,22-23H,5-8,11-13H2/t18-,22+,23+/m0/s1. The van der Waals surface area contributed by atoms with Gasteiger partial charge in [-0.1, -0.05) is 6.07 Å². The zero-order chi connectivity index (χ0) is 19.5. The number of ether oxygens (including phenoxy) is 2. The van der Waals surface area contributed by atoms with E-state index in [1.807, 2.05) is 6.07 Å². The van der Waals surface area contributed by atoms with Crippen molar-refractivity contribution < 1.29 is 18.3 Å². The van der Waals surface area contributed by atoms with E-state index in [4.69, 9.17) is 9.47 Å². The lowest BCUT2D eigenvalue weighted by atomic mass is 9.75. The third-order valence-corrected chi connectivity index (χ3v) is 7.30. The van der Waals surface area contributed by atoms with Crippen molar-refractivity contribution in [2.24, 2.45) is 5.92 Å². The number of halogens is 2. The van der Waals surface area contributed by atoms with Gasteiger partial charge in [-0.05, 0) is 67.7 Å². The Morgan fingerprint density at radius 3 is 2.62 bits per heavy atom. The summed E-state index contributed by atoms with van der Waals surface area (Å²) in [5.41, 5.74) is 1.70. The van der Waals surface area contributed by atoms with Crippen molar-refractivity contribution in [3.05, 3.63) is 59.2 Å². The first-order valence-corrected chi connectivity index (χ1v) is 10.5. The van der Waals surface area contributed by atoms with E-state index in [1.54, 1.807) is 0 Å². The van der Waals surface area contributed by atoms with E-state index in [-0.39, 0.29) is 18.4 Å². The Bertz CT molecular complexity index is 944. The van der Waals surface area contributed by atoms with Gasteiger partial charge in [-0.15, -0.1) is 0 Å². The van der Waals surface area contributed by atoms with E-state index in [0.29, 0.717) is 36.0 Å². The van der Waals surface area contributed by atoms with Crippen LogP contribution in [-0.2, 0) is 6.54 Å². The zero-order valence-corrected chi connectivity index (χ0v) is 16.2. The van der Waals surface area contributed by atoms with Crippen molar-refractivity contribution in [3.8, 4) is 11.5 Å². The number of nitrogens with zero attached hydrogens (tertiary/aromatic N) is 2. The highest BCUT2D eigenvalue weighted by Gasteiger charge is 2.53. The van der Waals surface area contributed by atoms with Gasteiger partial charge in [-0.2, -0.15) is 0 Å². The number of rotatable bonds is 3. The third-order valence-electron chi connectivity index (χ3n) is 7.30. The average Bonchev–Trinajstić information content (AvgIpc) is 3.37.